The maximum absolute atomic E-state index is 12.7. The number of carbonyl (C=O) groups excluding carboxylic acids is 1. The van der Waals surface area contributed by atoms with Crippen LogP contribution in [0.4, 0.5) is 5.95 Å². The lowest BCUT2D eigenvalue weighted by Crippen LogP contribution is -2.38. The largest absolute Gasteiger partial charge is 0.436 e. The lowest BCUT2D eigenvalue weighted by Gasteiger charge is -2.27. The topological polar surface area (TPSA) is 105 Å². The summed E-state index contributed by atoms with van der Waals surface area (Å²) < 4.78 is 10.8. The Morgan fingerprint density at radius 3 is 2.70 bits per heavy atom. The van der Waals surface area contributed by atoms with Crippen molar-refractivity contribution in [1.29, 1.82) is 0 Å². The number of oxazole rings is 1. The van der Waals surface area contributed by atoms with Crippen LogP contribution in [0.5, 0.6) is 0 Å². The van der Waals surface area contributed by atoms with Crippen molar-refractivity contribution in [3.63, 3.8) is 0 Å². The molecule has 2 aromatic rings. The number of anilines is 1. The number of carbonyl (C=O) groups is 1. The second kappa shape index (κ2) is 7.15. The molecule has 0 aliphatic carbocycles. The van der Waals surface area contributed by atoms with E-state index >= 15 is 0 Å². The Hall–Kier alpha value is -2.68. The summed E-state index contributed by atoms with van der Waals surface area (Å²) >= 11 is 0. The van der Waals surface area contributed by atoms with Crippen LogP contribution in [0, 0.1) is 13.8 Å². The highest BCUT2D eigenvalue weighted by Gasteiger charge is 2.32. The number of nitrogens with one attached hydrogen (secondary N) is 1. The maximum Gasteiger partial charge on any atom is 0.291 e. The van der Waals surface area contributed by atoms with Gasteiger partial charge in [-0.3, -0.25) is 14.6 Å². The first-order valence-electron chi connectivity index (χ1n) is 9.18. The van der Waals surface area contributed by atoms with E-state index in [1.807, 2.05) is 4.90 Å². The molecule has 0 aromatic carbocycles. The van der Waals surface area contributed by atoms with Crippen LogP contribution in [-0.2, 0) is 4.74 Å². The van der Waals surface area contributed by atoms with E-state index in [0.29, 0.717) is 62.7 Å². The molecule has 0 saturated carbocycles. The first-order valence-corrected chi connectivity index (χ1v) is 9.18. The highest BCUT2D eigenvalue weighted by molar-refractivity contribution is 5.92. The zero-order valence-electron chi connectivity index (χ0n) is 15.5. The molecule has 2 aliphatic heterocycles. The van der Waals surface area contributed by atoms with E-state index in [1.54, 1.807) is 18.7 Å². The average molecular weight is 373 g/mol. The molecule has 9 heteroatoms. The number of amides is 1. The van der Waals surface area contributed by atoms with Crippen LogP contribution in [-0.4, -0.2) is 65.2 Å². The van der Waals surface area contributed by atoms with Crippen LogP contribution < -0.4 is 10.5 Å². The van der Waals surface area contributed by atoms with Gasteiger partial charge >= 0.3 is 0 Å². The van der Waals surface area contributed by atoms with E-state index in [1.165, 1.54) is 6.07 Å². The predicted molar refractivity (Wildman–Crippen MR) is 97.1 cm³/mol. The minimum absolute atomic E-state index is 0.0281. The summed E-state index contributed by atoms with van der Waals surface area (Å²) in [5, 5.41) is 0. The number of ether oxygens (including phenoxy) is 1. The van der Waals surface area contributed by atoms with Crippen molar-refractivity contribution in [1.82, 2.24) is 19.9 Å². The Morgan fingerprint density at radius 1 is 1.22 bits per heavy atom. The molecule has 2 saturated heterocycles. The number of aryl methyl sites for hydroxylation is 2. The summed E-state index contributed by atoms with van der Waals surface area (Å²) in [6.45, 7) is 7.25. The molecule has 2 aliphatic rings. The number of likely N-dealkylation sites (tertiary alicyclic amines) is 1. The highest BCUT2D eigenvalue weighted by atomic mass is 16.5. The van der Waals surface area contributed by atoms with Crippen LogP contribution in [0.15, 0.2) is 15.3 Å². The first kappa shape index (κ1) is 17.7. The summed E-state index contributed by atoms with van der Waals surface area (Å²) in [4.78, 5) is 40.3. The van der Waals surface area contributed by atoms with Crippen molar-refractivity contribution < 1.29 is 13.9 Å². The van der Waals surface area contributed by atoms with Crippen LogP contribution in [0.2, 0.25) is 0 Å². The van der Waals surface area contributed by atoms with Gasteiger partial charge in [0.15, 0.2) is 5.89 Å². The van der Waals surface area contributed by atoms with E-state index in [0.717, 1.165) is 12.1 Å². The van der Waals surface area contributed by atoms with Crippen LogP contribution in [0.3, 0.4) is 0 Å². The van der Waals surface area contributed by atoms with Crippen molar-refractivity contribution in [2.24, 2.45) is 0 Å². The van der Waals surface area contributed by atoms with E-state index in [-0.39, 0.29) is 17.4 Å². The molecule has 9 nitrogen and oxygen atoms in total. The summed E-state index contributed by atoms with van der Waals surface area (Å²) in [6.07, 6.45) is 0.761. The minimum atomic E-state index is -0.173. The molecular formula is C18H23N5O4. The molecule has 4 rings (SSSR count). The van der Waals surface area contributed by atoms with Gasteiger partial charge < -0.3 is 19.0 Å². The van der Waals surface area contributed by atoms with Gasteiger partial charge in [0.2, 0.25) is 11.7 Å². The fraction of sp³-hybridized carbons (Fsp3) is 0.556. The number of nitrogens with zero attached hydrogens (tertiary/aromatic N) is 4. The molecule has 0 radical (unpaired) electrons. The smallest absolute Gasteiger partial charge is 0.291 e. The van der Waals surface area contributed by atoms with E-state index in [4.69, 9.17) is 9.15 Å². The summed E-state index contributed by atoms with van der Waals surface area (Å²) in [5.41, 5.74) is 1.15. The quantitative estimate of drug-likeness (QED) is 0.850. The van der Waals surface area contributed by atoms with Gasteiger partial charge in [-0.05, 0) is 13.3 Å². The van der Waals surface area contributed by atoms with Crippen LogP contribution in [0.25, 0.3) is 0 Å². The molecule has 0 unspecified atom stereocenters. The van der Waals surface area contributed by atoms with Crippen molar-refractivity contribution >= 4 is 11.9 Å². The third kappa shape index (κ3) is 3.59. The number of rotatable bonds is 3. The second-order valence-corrected chi connectivity index (χ2v) is 6.98. The van der Waals surface area contributed by atoms with E-state index < -0.39 is 0 Å². The van der Waals surface area contributed by atoms with E-state index in [2.05, 4.69) is 15.0 Å². The normalized spacial score (nSPS) is 20.3. The fourth-order valence-corrected chi connectivity index (χ4v) is 3.66. The van der Waals surface area contributed by atoms with Gasteiger partial charge in [-0.2, -0.15) is 0 Å². The van der Waals surface area contributed by atoms with Gasteiger partial charge in [0, 0.05) is 45.1 Å². The zero-order valence-corrected chi connectivity index (χ0v) is 15.5. The molecule has 2 aromatic heterocycles. The Kier molecular flexibility index (Phi) is 4.69. The third-order valence-corrected chi connectivity index (χ3v) is 5.05. The monoisotopic (exact) mass is 373 g/mol. The Morgan fingerprint density at radius 2 is 2.00 bits per heavy atom. The number of aromatic amines is 1. The van der Waals surface area contributed by atoms with Crippen LogP contribution in [0.1, 0.15) is 40.2 Å². The number of hydrogen-bond donors (Lipinski definition) is 1. The van der Waals surface area contributed by atoms with Gasteiger partial charge in [-0.25, -0.2) is 9.97 Å². The molecule has 144 valence electrons. The van der Waals surface area contributed by atoms with Crippen molar-refractivity contribution in [2.75, 3.05) is 44.3 Å². The molecule has 2 fully saturated rings. The summed E-state index contributed by atoms with van der Waals surface area (Å²) in [7, 11) is 0. The molecule has 1 atom stereocenters. The van der Waals surface area contributed by atoms with Crippen molar-refractivity contribution in [3.05, 3.63) is 39.5 Å². The predicted octanol–water partition coefficient (Wildman–Crippen LogP) is 0.841. The van der Waals surface area contributed by atoms with Crippen molar-refractivity contribution in [2.45, 2.75) is 26.2 Å². The molecule has 1 N–H and O–H groups in total. The Bertz CT molecular complexity index is 899. The number of aromatic nitrogens is 3. The first-order chi connectivity index (χ1) is 13.0. The van der Waals surface area contributed by atoms with Gasteiger partial charge in [-0.1, -0.05) is 0 Å². The fourth-order valence-electron chi connectivity index (χ4n) is 3.66. The molecule has 0 bridgehead atoms. The molecule has 1 amide bonds. The molecule has 0 spiro atoms. The van der Waals surface area contributed by atoms with Crippen molar-refractivity contribution in [3.8, 4) is 0 Å². The van der Waals surface area contributed by atoms with Crippen LogP contribution >= 0.6 is 0 Å². The minimum Gasteiger partial charge on any atom is -0.436 e. The second-order valence-electron chi connectivity index (χ2n) is 6.98. The third-order valence-electron chi connectivity index (χ3n) is 5.05. The van der Waals surface area contributed by atoms with Gasteiger partial charge in [0.05, 0.1) is 24.6 Å². The lowest BCUT2D eigenvalue weighted by molar-refractivity contribution is 0.0756. The molecular weight excluding hydrogens is 350 g/mol. The average Bonchev–Trinajstić information content (AvgIpc) is 3.28. The van der Waals surface area contributed by atoms with Gasteiger partial charge in [0.25, 0.3) is 11.5 Å². The lowest BCUT2D eigenvalue weighted by atomic mass is 10.1. The number of H-pyrrole nitrogens is 1. The summed E-state index contributed by atoms with van der Waals surface area (Å²) in [5.74, 6) is 1.22. The SMILES string of the molecule is Cc1nc(C)c(C(=O)N2CC[C@H](c3cc(=O)[nH]c(N4CCOCC4)n3)C2)o1. The highest BCUT2D eigenvalue weighted by Crippen LogP contribution is 2.28. The molecule has 4 heterocycles. The van der Waals surface area contributed by atoms with Gasteiger partial charge in [-0.15, -0.1) is 0 Å². The maximum atomic E-state index is 12.7. The van der Waals surface area contributed by atoms with Gasteiger partial charge in [0.1, 0.15) is 0 Å². The number of morpholine rings is 1. The van der Waals surface area contributed by atoms with E-state index in [9.17, 15) is 9.59 Å². The molecule has 27 heavy (non-hydrogen) atoms. The Balaban J connectivity index is 1.51. The zero-order chi connectivity index (χ0) is 19.0. The Labute approximate surface area is 156 Å². The number of hydrogen-bond acceptors (Lipinski definition) is 7. The summed E-state index contributed by atoms with van der Waals surface area (Å²) in [6, 6.07) is 1.53. The standard InChI is InChI=1S/C18H23N5O4/c1-11-16(27-12(2)19-11)17(25)23-4-3-13(10-23)14-9-15(24)21-18(20-14)22-5-7-26-8-6-22/h9,13H,3-8,10H2,1-2H3,(H,20,21,24)/t13-/m0/s1.